The van der Waals surface area contributed by atoms with Crippen LogP contribution < -0.4 is 15.4 Å². The molecule has 27 heavy (non-hydrogen) atoms. The second-order valence-corrected chi connectivity index (χ2v) is 6.31. The number of carbonyl (C=O) groups excluding carboxylic acids is 2. The first-order chi connectivity index (χ1) is 13.2. The lowest BCUT2D eigenvalue weighted by molar-refractivity contribution is 0.0858. The largest absolute Gasteiger partial charge is 0.494 e. The van der Waals surface area contributed by atoms with Gasteiger partial charge in [0.25, 0.3) is 11.8 Å². The van der Waals surface area contributed by atoms with Crippen LogP contribution in [0.4, 0.5) is 5.69 Å². The van der Waals surface area contributed by atoms with E-state index in [9.17, 15) is 9.59 Å². The second kappa shape index (κ2) is 9.19. The predicted octanol–water partition coefficient (Wildman–Crippen LogP) is 3.25. The average molecular weight is 368 g/mol. The van der Waals surface area contributed by atoms with E-state index >= 15 is 0 Å². The van der Waals surface area contributed by atoms with Crippen molar-refractivity contribution in [2.75, 3.05) is 25.1 Å². The number of carbonyl (C=O) groups is 2. The van der Waals surface area contributed by atoms with Gasteiger partial charge >= 0.3 is 0 Å². The second-order valence-electron chi connectivity index (χ2n) is 6.31. The van der Waals surface area contributed by atoms with E-state index in [0.717, 1.165) is 19.4 Å². The van der Waals surface area contributed by atoms with Crippen LogP contribution >= 0.6 is 0 Å². The SMILES string of the molecule is CCOc1cccc(C(=O)Nc2ccccc2C(=O)NCC2CCCO2)c1. The highest BCUT2D eigenvalue weighted by atomic mass is 16.5. The molecule has 6 nitrogen and oxygen atoms in total. The predicted molar refractivity (Wildman–Crippen MR) is 103 cm³/mol. The minimum atomic E-state index is -0.295. The molecule has 1 atom stereocenters. The van der Waals surface area contributed by atoms with E-state index in [0.29, 0.717) is 35.7 Å². The number of hydrogen-bond donors (Lipinski definition) is 2. The summed E-state index contributed by atoms with van der Waals surface area (Å²) in [6, 6.07) is 13.9. The summed E-state index contributed by atoms with van der Waals surface area (Å²) >= 11 is 0. The van der Waals surface area contributed by atoms with Crippen LogP contribution in [-0.2, 0) is 4.74 Å². The third kappa shape index (κ3) is 5.08. The summed E-state index contributed by atoms with van der Waals surface area (Å²) < 4.78 is 11.0. The summed E-state index contributed by atoms with van der Waals surface area (Å²) in [6.45, 7) is 3.63. The van der Waals surface area contributed by atoms with E-state index in [4.69, 9.17) is 9.47 Å². The Morgan fingerprint density at radius 2 is 2.00 bits per heavy atom. The van der Waals surface area contributed by atoms with Gasteiger partial charge in [0.2, 0.25) is 0 Å². The fourth-order valence-corrected chi connectivity index (χ4v) is 2.99. The van der Waals surface area contributed by atoms with Crippen molar-refractivity contribution >= 4 is 17.5 Å². The van der Waals surface area contributed by atoms with Crippen LogP contribution in [0.1, 0.15) is 40.5 Å². The molecule has 1 heterocycles. The van der Waals surface area contributed by atoms with Gasteiger partial charge in [-0.05, 0) is 50.1 Å². The van der Waals surface area contributed by atoms with Gasteiger partial charge in [-0.1, -0.05) is 18.2 Å². The summed E-state index contributed by atoms with van der Waals surface area (Å²) in [6.07, 6.45) is 2.04. The van der Waals surface area contributed by atoms with Crippen molar-refractivity contribution < 1.29 is 19.1 Å². The maximum absolute atomic E-state index is 12.6. The van der Waals surface area contributed by atoms with Crippen molar-refractivity contribution in [1.82, 2.24) is 5.32 Å². The Balaban J connectivity index is 1.68. The molecular weight excluding hydrogens is 344 g/mol. The molecule has 1 fully saturated rings. The number of nitrogens with one attached hydrogen (secondary N) is 2. The molecule has 6 heteroatoms. The van der Waals surface area contributed by atoms with Crippen LogP contribution in [0, 0.1) is 0 Å². The molecule has 2 N–H and O–H groups in total. The highest BCUT2D eigenvalue weighted by Gasteiger charge is 2.18. The Kier molecular flexibility index (Phi) is 6.44. The third-order valence-corrected chi connectivity index (χ3v) is 4.34. The zero-order valence-corrected chi connectivity index (χ0v) is 15.4. The number of benzene rings is 2. The number of para-hydroxylation sites is 1. The molecule has 1 aliphatic heterocycles. The van der Waals surface area contributed by atoms with Crippen molar-refractivity contribution in [1.29, 1.82) is 0 Å². The van der Waals surface area contributed by atoms with Gasteiger partial charge in [-0.2, -0.15) is 0 Å². The quantitative estimate of drug-likeness (QED) is 0.787. The Labute approximate surface area is 158 Å². The van der Waals surface area contributed by atoms with Gasteiger partial charge in [0.05, 0.1) is 24.0 Å². The van der Waals surface area contributed by atoms with Crippen molar-refractivity contribution in [3.05, 3.63) is 59.7 Å². The molecule has 0 spiro atoms. The summed E-state index contributed by atoms with van der Waals surface area (Å²) in [7, 11) is 0. The molecule has 3 rings (SSSR count). The Morgan fingerprint density at radius 1 is 1.15 bits per heavy atom. The third-order valence-electron chi connectivity index (χ3n) is 4.34. The Morgan fingerprint density at radius 3 is 2.78 bits per heavy atom. The van der Waals surface area contributed by atoms with Crippen molar-refractivity contribution in [2.24, 2.45) is 0 Å². The summed E-state index contributed by atoms with van der Waals surface area (Å²) in [4.78, 5) is 25.1. The summed E-state index contributed by atoms with van der Waals surface area (Å²) in [5.74, 6) is 0.105. The van der Waals surface area contributed by atoms with E-state index in [2.05, 4.69) is 10.6 Å². The lowest BCUT2D eigenvalue weighted by atomic mass is 10.1. The molecule has 1 aliphatic rings. The van der Waals surface area contributed by atoms with Gasteiger partial charge in [0.1, 0.15) is 5.75 Å². The monoisotopic (exact) mass is 368 g/mol. The van der Waals surface area contributed by atoms with E-state index in [1.165, 1.54) is 0 Å². The van der Waals surface area contributed by atoms with E-state index < -0.39 is 0 Å². The minimum absolute atomic E-state index is 0.0667. The van der Waals surface area contributed by atoms with Crippen LogP contribution in [0.2, 0.25) is 0 Å². The maximum atomic E-state index is 12.6. The minimum Gasteiger partial charge on any atom is -0.494 e. The van der Waals surface area contributed by atoms with Crippen LogP contribution in [0.15, 0.2) is 48.5 Å². The molecule has 0 bridgehead atoms. The van der Waals surface area contributed by atoms with Crippen LogP contribution in [-0.4, -0.2) is 37.7 Å². The van der Waals surface area contributed by atoms with Gasteiger partial charge in [-0.25, -0.2) is 0 Å². The average Bonchev–Trinajstić information content (AvgIpc) is 3.21. The number of rotatable bonds is 7. The molecule has 1 unspecified atom stereocenters. The smallest absolute Gasteiger partial charge is 0.255 e. The van der Waals surface area contributed by atoms with Gasteiger partial charge in [-0.15, -0.1) is 0 Å². The number of hydrogen-bond acceptors (Lipinski definition) is 4. The Bertz CT molecular complexity index is 800. The number of ether oxygens (including phenoxy) is 2. The molecule has 0 aromatic heterocycles. The highest BCUT2D eigenvalue weighted by Crippen LogP contribution is 2.19. The zero-order valence-electron chi connectivity index (χ0n) is 15.4. The zero-order chi connectivity index (χ0) is 19.1. The van der Waals surface area contributed by atoms with E-state index in [1.54, 1.807) is 48.5 Å². The first kappa shape index (κ1) is 18.9. The van der Waals surface area contributed by atoms with Gasteiger partial charge in [-0.3, -0.25) is 9.59 Å². The fraction of sp³-hybridized carbons (Fsp3) is 0.333. The van der Waals surface area contributed by atoms with E-state index in [-0.39, 0.29) is 17.9 Å². The van der Waals surface area contributed by atoms with Crippen LogP contribution in [0.5, 0.6) is 5.75 Å². The lowest BCUT2D eigenvalue weighted by Gasteiger charge is -2.14. The molecule has 0 radical (unpaired) electrons. The Hall–Kier alpha value is -2.86. The van der Waals surface area contributed by atoms with Crippen LogP contribution in [0.3, 0.4) is 0 Å². The molecule has 2 amide bonds. The van der Waals surface area contributed by atoms with Gasteiger partial charge < -0.3 is 20.1 Å². The molecule has 2 aromatic carbocycles. The first-order valence-corrected chi connectivity index (χ1v) is 9.20. The summed E-state index contributed by atoms with van der Waals surface area (Å²) in [5, 5.41) is 5.70. The number of anilines is 1. The molecule has 0 aliphatic carbocycles. The van der Waals surface area contributed by atoms with Crippen molar-refractivity contribution in [2.45, 2.75) is 25.9 Å². The molecule has 142 valence electrons. The maximum Gasteiger partial charge on any atom is 0.255 e. The van der Waals surface area contributed by atoms with Crippen LogP contribution in [0.25, 0.3) is 0 Å². The number of amides is 2. The van der Waals surface area contributed by atoms with Crippen molar-refractivity contribution in [3.8, 4) is 5.75 Å². The van der Waals surface area contributed by atoms with E-state index in [1.807, 2.05) is 6.92 Å². The topological polar surface area (TPSA) is 76.7 Å². The molecule has 1 saturated heterocycles. The molecular formula is C21H24N2O4. The summed E-state index contributed by atoms with van der Waals surface area (Å²) in [5.41, 5.74) is 1.36. The highest BCUT2D eigenvalue weighted by molar-refractivity contribution is 6.09. The van der Waals surface area contributed by atoms with Gasteiger partial charge in [0, 0.05) is 18.7 Å². The lowest BCUT2D eigenvalue weighted by Crippen LogP contribution is -2.32. The molecule has 0 saturated carbocycles. The normalized spacial score (nSPS) is 16.0. The fourth-order valence-electron chi connectivity index (χ4n) is 2.99. The van der Waals surface area contributed by atoms with Gasteiger partial charge in [0.15, 0.2) is 0 Å². The van der Waals surface area contributed by atoms with Crippen molar-refractivity contribution in [3.63, 3.8) is 0 Å². The first-order valence-electron chi connectivity index (χ1n) is 9.20. The molecule has 2 aromatic rings. The standard InChI is InChI=1S/C21H24N2O4/c1-2-26-16-8-5-7-15(13-16)20(24)23-19-11-4-3-10-18(19)21(25)22-14-17-9-6-12-27-17/h3-5,7-8,10-11,13,17H,2,6,9,12,14H2,1H3,(H,22,25)(H,23,24).